The molecule has 6 heteroatoms. The van der Waals surface area contributed by atoms with Gasteiger partial charge in [-0.05, 0) is 31.0 Å². The summed E-state index contributed by atoms with van der Waals surface area (Å²) < 4.78 is 16.1. The summed E-state index contributed by atoms with van der Waals surface area (Å²) >= 11 is 0. The van der Waals surface area contributed by atoms with Crippen molar-refractivity contribution in [1.29, 1.82) is 0 Å². The maximum absolute atomic E-state index is 5.85. The predicted molar refractivity (Wildman–Crippen MR) is 78.2 cm³/mol. The highest BCUT2D eigenvalue weighted by Crippen LogP contribution is 2.30. The van der Waals surface area contributed by atoms with Crippen LogP contribution in [0.15, 0.2) is 22.7 Å². The Kier molecular flexibility index (Phi) is 5.16. The molecule has 114 valence electrons. The van der Waals surface area contributed by atoms with E-state index in [0.29, 0.717) is 23.2 Å². The van der Waals surface area contributed by atoms with E-state index in [2.05, 4.69) is 17.1 Å². The van der Waals surface area contributed by atoms with Gasteiger partial charge in [0.25, 0.3) is 0 Å². The number of ether oxygens (including phenoxy) is 2. The first kappa shape index (κ1) is 15.3. The molecule has 21 heavy (non-hydrogen) atoms. The van der Waals surface area contributed by atoms with Crippen molar-refractivity contribution < 1.29 is 14.0 Å². The van der Waals surface area contributed by atoms with Crippen LogP contribution in [0.25, 0.3) is 0 Å². The lowest BCUT2D eigenvalue weighted by Gasteiger charge is -2.12. The molecule has 0 aliphatic rings. The third kappa shape index (κ3) is 3.95. The Labute approximate surface area is 124 Å². The number of benzene rings is 1. The molecule has 1 aromatic heterocycles. The molecule has 0 radical (unpaired) electrons. The van der Waals surface area contributed by atoms with Crippen molar-refractivity contribution in [1.82, 2.24) is 10.1 Å². The van der Waals surface area contributed by atoms with E-state index >= 15 is 0 Å². The number of hydrogen-bond donors (Lipinski definition) is 1. The summed E-state index contributed by atoms with van der Waals surface area (Å²) in [4.78, 5) is 4.25. The van der Waals surface area contributed by atoms with E-state index in [9.17, 15) is 0 Å². The third-order valence-electron chi connectivity index (χ3n) is 3.04. The van der Waals surface area contributed by atoms with Crippen LogP contribution in [0.4, 0.5) is 0 Å². The Hall–Kier alpha value is -2.08. The smallest absolute Gasteiger partial charge is 0.226 e. The van der Waals surface area contributed by atoms with E-state index in [1.807, 2.05) is 25.1 Å². The highest BCUT2D eigenvalue weighted by molar-refractivity contribution is 5.43. The minimum Gasteiger partial charge on any atom is -0.493 e. The predicted octanol–water partition coefficient (Wildman–Crippen LogP) is 2.63. The quantitative estimate of drug-likeness (QED) is 0.844. The molecule has 2 N–H and O–H groups in total. The van der Waals surface area contributed by atoms with Crippen LogP contribution in [0, 0.1) is 0 Å². The molecule has 0 bridgehead atoms. The summed E-state index contributed by atoms with van der Waals surface area (Å²) in [5.41, 5.74) is 6.84. The molecular weight excluding hydrogens is 270 g/mol. The van der Waals surface area contributed by atoms with E-state index < -0.39 is 0 Å². The van der Waals surface area contributed by atoms with Crippen molar-refractivity contribution in [3.63, 3.8) is 0 Å². The highest BCUT2D eigenvalue weighted by Gasteiger charge is 2.11. The number of nitrogens with two attached hydrogens (primary N) is 1. The van der Waals surface area contributed by atoms with Gasteiger partial charge in [-0.25, -0.2) is 0 Å². The Morgan fingerprint density at radius 1 is 1.33 bits per heavy atom. The van der Waals surface area contributed by atoms with E-state index in [1.165, 1.54) is 0 Å². The topological polar surface area (TPSA) is 83.4 Å². The van der Waals surface area contributed by atoms with Gasteiger partial charge in [-0.1, -0.05) is 18.1 Å². The number of aromatic nitrogens is 2. The molecule has 0 fully saturated rings. The van der Waals surface area contributed by atoms with Gasteiger partial charge in [-0.2, -0.15) is 4.98 Å². The van der Waals surface area contributed by atoms with E-state index in [1.54, 1.807) is 7.11 Å². The minimum atomic E-state index is -0.0539. The fraction of sp³-hybridized carbons (Fsp3) is 0.467. The van der Waals surface area contributed by atoms with Gasteiger partial charge in [-0.15, -0.1) is 0 Å². The molecule has 0 spiro atoms. The molecule has 0 aliphatic carbocycles. The van der Waals surface area contributed by atoms with Gasteiger partial charge in [0.15, 0.2) is 18.1 Å². The van der Waals surface area contributed by atoms with Gasteiger partial charge in [-0.3, -0.25) is 0 Å². The third-order valence-corrected chi connectivity index (χ3v) is 3.04. The molecule has 1 atom stereocenters. The lowest BCUT2D eigenvalue weighted by molar-refractivity contribution is 0.268. The lowest BCUT2D eigenvalue weighted by Crippen LogP contribution is -2.06. The second-order valence-corrected chi connectivity index (χ2v) is 4.84. The van der Waals surface area contributed by atoms with Crippen molar-refractivity contribution >= 4 is 0 Å². The Bertz CT molecular complexity index is 581. The normalized spacial score (nSPS) is 12.2. The lowest BCUT2D eigenvalue weighted by atomic mass is 10.1. The van der Waals surface area contributed by atoms with Crippen LogP contribution in [-0.4, -0.2) is 17.3 Å². The van der Waals surface area contributed by atoms with Crippen LogP contribution in [0.3, 0.4) is 0 Å². The van der Waals surface area contributed by atoms with Gasteiger partial charge in [0.05, 0.1) is 7.11 Å². The summed E-state index contributed by atoms with van der Waals surface area (Å²) in [6.07, 6.45) is 1.74. The molecule has 0 saturated carbocycles. The highest BCUT2D eigenvalue weighted by atomic mass is 16.5. The molecule has 2 aromatic rings. The Balaban J connectivity index is 2.04. The number of rotatable bonds is 7. The molecular formula is C15H21N3O3. The average Bonchev–Trinajstić information content (AvgIpc) is 2.93. The summed E-state index contributed by atoms with van der Waals surface area (Å²) in [6, 6.07) is 5.58. The van der Waals surface area contributed by atoms with Crippen LogP contribution >= 0.6 is 0 Å². The van der Waals surface area contributed by atoms with Gasteiger partial charge >= 0.3 is 0 Å². The summed E-state index contributed by atoms with van der Waals surface area (Å²) in [5, 5.41) is 3.88. The van der Waals surface area contributed by atoms with Crippen molar-refractivity contribution in [2.45, 2.75) is 39.3 Å². The zero-order valence-electron chi connectivity index (χ0n) is 12.6. The van der Waals surface area contributed by atoms with E-state index in [4.69, 9.17) is 19.7 Å². The van der Waals surface area contributed by atoms with E-state index in [0.717, 1.165) is 18.4 Å². The zero-order valence-corrected chi connectivity index (χ0v) is 12.6. The van der Waals surface area contributed by atoms with Crippen LogP contribution in [0.2, 0.25) is 0 Å². The second-order valence-electron chi connectivity index (χ2n) is 4.84. The minimum absolute atomic E-state index is 0.0539. The summed E-state index contributed by atoms with van der Waals surface area (Å²) in [5.74, 6) is 2.43. The van der Waals surface area contributed by atoms with Crippen molar-refractivity contribution in [2.24, 2.45) is 5.73 Å². The van der Waals surface area contributed by atoms with Crippen molar-refractivity contribution in [3.8, 4) is 11.5 Å². The number of aryl methyl sites for hydroxylation is 1. The van der Waals surface area contributed by atoms with Crippen LogP contribution in [-0.2, 0) is 13.0 Å². The molecule has 0 unspecified atom stereocenters. The number of methoxy groups -OCH3 is 1. The summed E-state index contributed by atoms with van der Waals surface area (Å²) in [6.45, 7) is 4.22. The van der Waals surface area contributed by atoms with Crippen molar-refractivity contribution in [3.05, 3.63) is 35.5 Å². The number of hydrogen-bond acceptors (Lipinski definition) is 6. The first-order valence-corrected chi connectivity index (χ1v) is 7.01. The largest absolute Gasteiger partial charge is 0.493 e. The standard InChI is InChI=1S/C15H21N3O3/c1-4-5-15-17-14(18-21-15)9-20-12-7-6-11(10(2)16)8-13(12)19-3/h6-8,10H,4-5,9,16H2,1-3H3/t10-/m1/s1. The Morgan fingerprint density at radius 2 is 2.14 bits per heavy atom. The molecule has 0 amide bonds. The van der Waals surface area contributed by atoms with Gasteiger partial charge in [0, 0.05) is 12.5 Å². The van der Waals surface area contributed by atoms with Crippen molar-refractivity contribution in [2.75, 3.05) is 7.11 Å². The van der Waals surface area contributed by atoms with Gasteiger partial charge in [0.2, 0.25) is 11.7 Å². The number of nitrogens with zero attached hydrogens (tertiary/aromatic N) is 2. The molecule has 1 heterocycles. The first-order valence-electron chi connectivity index (χ1n) is 7.01. The molecule has 6 nitrogen and oxygen atoms in total. The SMILES string of the molecule is CCCc1nc(COc2ccc([C@@H](C)N)cc2OC)no1. The van der Waals surface area contributed by atoms with Crippen LogP contribution in [0.1, 0.15) is 43.6 Å². The maximum Gasteiger partial charge on any atom is 0.226 e. The van der Waals surface area contributed by atoms with Gasteiger partial charge in [0.1, 0.15) is 0 Å². The second kappa shape index (κ2) is 7.08. The average molecular weight is 291 g/mol. The summed E-state index contributed by atoms with van der Waals surface area (Å²) in [7, 11) is 1.60. The fourth-order valence-electron chi connectivity index (χ4n) is 1.89. The Morgan fingerprint density at radius 3 is 2.81 bits per heavy atom. The fourth-order valence-corrected chi connectivity index (χ4v) is 1.89. The van der Waals surface area contributed by atoms with E-state index in [-0.39, 0.29) is 12.6 Å². The first-order chi connectivity index (χ1) is 10.1. The monoisotopic (exact) mass is 291 g/mol. The molecule has 2 rings (SSSR count). The zero-order chi connectivity index (χ0) is 15.2. The van der Waals surface area contributed by atoms with Crippen LogP contribution in [0.5, 0.6) is 11.5 Å². The van der Waals surface area contributed by atoms with Crippen LogP contribution < -0.4 is 15.2 Å². The maximum atomic E-state index is 5.85. The molecule has 0 saturated heterocycles. The van der Waals surface area contributed by atoms with Gasteiger partial charge < -0.3 is 19.7 Å². The molecule has 0 aliphatic heterocycles. The molecule has 1 aromatic carbocycles.